The Morgan fingerprint density at radius 1 is 1.25 bits per heavy atom. The Hall–Kier alpha value is -2.08. The van der Waals surface area contributed by atoms with Crippen molar-refractivity contribution in [3.8, 4) is 0 Å². The highest BCUT2D eigenvalue weighted by Crippen LogP contribution is 2.12. The molecule has 0 radical (unpaired) electrons. The third-order valence-electron chi connectivity index (χ3n) is 2.63. The summed E-state index contributed by atoms with van der Waals surface area (Å²) < 4.78 is 4.89. The molecule has 0 aliphatic carbocycles. The quantitative estimate of drug-likeness (QED) is 0.652. The third kappa shape index (κ3) is 6.19. The van der Waals surface area contributed by atoms with Crippen LogP contribution in [0.3, 0.4) is 0 Å². The van der Waals surface area contributed by atoms with Gasteiger partial charge in [0.1, 0.15) is 6.54 Å². The van der Waals surface area contributed by atoms with Crippen molar-refractivity contribution in [1.29, 1.82) is 0 Å². The Morgan fingerprint density at radius 2 is 1.95 bits per heavy atom. The zero-order chi connectivity index (χ0) is 14.8. The molecule has 0 bridgehead atoms. The zero-order valence-electron chi connectivity index (χ0n) is 11.5. The summed E-state index contributed by atoms with van der Waals surface area (Å²) in [6.07, 6.45) is 0.729. The van der Waals surface area contributed by atoms with E-state index in [4.69, 9.17) is 9.84 Å². The van der Waals surface area contributed by atoms with E-state index in [0.717, 1.165) is 6.42 Å². The van der Waals surface area contributed by atoms with Gasteiger partial charge >= 0.3 is 5.97 Å². The molecule has 6 nitrogen and oxygen atoms in total. The topological polar surface area (TPSA) is 78.9 Å². The van der Waals surface area contributed by atoms with E-state index in [2.05, 4.69) is 5.32 Å². The average Bonchev–Trinajstić information content (AvgIpc) is 2.43. The van der Waals surface area contributed by atoms with Crippen molar-refractivity contribution in [2.24, 2.45) is 0 Å². The molecule has 0 aromatic heterocycles. The van der Waals surface area contributed by atoms with E-state index in [1.807, 2.05) is 6.07 Å². The molecule has 20 heavy (non-hydrogen) atoms. The van der Waals surface area contributed by atoms with E-state index in [-0.39, 0.29) is 19.0 Å². The first-order valence-corrected chi connectivity index (χ1v) is 6.41. The number of methoxy groups -OCH3 is 1. The second-order valence-electron chi connectivity index (χ2n) is 4.28. The Labute approximate surface area is 118 Å². The highest BCUT2D eigenvalue weighted by atomic mass is 16.5. The predicted octanol–water partition coefficient (Wildman–Crippen LogP) is 0.730. The van der Waals surface area contributed by atoms with E-state index in [9.17, 15) is 9.59 Å². The molecule has 110 valence electrons. The molecule has 0 fully saturated rings. The van der Waals surface area contributed by atoms with E-state index >= 15 is 0 Å². The van der Waals surface area contributed by atoms with E-state index in [0.29, 0.717) is 18.8 Å². The first-order valence-electron chi connectivity index (χ1n) is 6.41. The third-order valence-corrected chi connectivity index (χ3v) is 2.63. The van der Waals surface area contributed by atoms with E-state index < -0.39 is 5.97 Å². The van der Waals surface area contributed by atoms with Gasteiger partial charge in [-0.25, -0.2) is 0 Å². The van der Waals surface area contributed by atoms with Gasteiger partial charge in [0.05, 0.1) is 6.54 Å². The van der Waals surface area contributed by atoms with Gasteiger partial charge in [-0.2, -0.15) is 0 Å². The van der Waals surface area contributed by atoms with Crippen LogP contribution >= 0.6 is 0 Å². The maximum atomic E-state index is 11.8. The smallest absolute Gasteiger partial charge is 0.323 e. The molecule has 1 rings (SSSR count). The van der Waals surface area contributed by atoms with Gasteiger partial charge in [-0.3, -0.25) is 9.59 Å². The lowest BCUT2D eigenvalue weighted by molar-refractivity contribution is -0.135. The minimum atomic E-state index is -0.971. The van der Waals surface area contributed by atoms with Crippen LogP contribution in [-0.4, -0.2) is 50.3 Å². The Morgan fingerprint density at radius 3 is 2.55 bits per heavy atom. The number of carboxylic acids is 1. The van der Waals surface area contributed by atoms with Crippen LogP contribution in [0, 0.1) is 0 Å². The molecule has 0 aliphatic heterocycles. The minimum Gasteiger partial charge on any atom is -0.480 e. The van der Waals surface area contributed by atoms with Crippen molar-refractivity contribution < 1.29 is 19.4 Å². The first kappa shape index (κ1) is 16.0. The number of aliphatic carboxylic acids is 1. The van der Waals surface area contributed by atoms with Crippen LogP contribution < -0.4 is 10.2 Å². The highest BCUT2D eigenvalue weighted by Gasteiger charge is 2.14. The van der Waals surface area contributed by atoms with Crippen LogP contribution in [0.4, 0.5) is 5.69 Å². The lowest BCUT2D eigenvalue weighted by atomic mass is 10.3. The van der Waals surface area contributed by atoms with Crippen LogP contribution in [0.15, 0.2) is 30.3 Å². The second kappa shape index (κ2) is 8.92. The van der Waals surface area contributed by atoms with Gasteiger partial charge in [-0.1, -0.05) is 18.2 Å². The first-order chi connectivity index (χ1) is 9.63. The summed E-state index contributed by atoms with van der Waals surface area (Å²) in [5, 5.41) is 11.7. The molecule has 0 saturated carbocycles. The van der Waals surface area contributed by atoms with E-state index in [1.165, 1.54) is 4.90 Å². The predicted molar refractivity (Wildman–Crippen MR) is 75.8 cm³/mol. The molecule has 6 heteroatoms. The number of amides is 1. The van der Waals surface area contributed by atoms with Gasteiger partial charge in [-0.15, -0.1) is 0 Å². The van der Waals surface area contributed by atoms with Gasteiger partial charge in [0, 0.05) is 25.9 Å². The van der Waals surface area contributed by atoms with Crippen molar-refractivity contribution >= 4 is 17.6 Å². The lowest BCUT2D eigenvalue weighted by Crippen LogP contribution is -2.40. The lowest BCUT2D eigenvalue weighted by Gasteiger charge is -2.22. The number of carbonyl (C=O) groups excluding carboxylic acids is 1. The molecule has 0 saturated heterocycles. The maximum Gasteiger partial charge on any atom is 0.323 e. The van der Waals surface area contributed by atoms with Crippen LogP contribution in [0.5, 0.6) is 0 Å². The fourth-order valence-electron chi connectivity index (χ4n) is 1.71. The van der Waals surface area contributed by atoms with Crippen molar-refractivity contribution in [2.75, 3.05) is 38.3 Å². The largest absolute Gasteiger partial charge is 0.480 e. The monoisotopic (exact) mass is 280 g/mol. The summed E-state index contributed by atoms with van der Waals surface area (Å²) in [7, 11) is 1.60. The number of hydrogen-bond acceptors (Lipinski definition) is 4. The molecule has 2 N–H and O–H groups in total. The molecular formula is C14H20N2O4. The van der Waals surface area contributed by atoms with Crippen LogP contribution in [0.25, 0.3) is 0 Å². The molecule has 1 aromatic carbocycles. The zero-order valence-corrected chi connectivity index (χ0v) is 11.5. The molecule has 0 spiro atoms. The normalized spacial score (nSPS) is 10.1. The van der Waals surface area contributed by atoms with Crippen LogP contribution in [-0.2, 0) is 14.3 Å². The highest BCUT2D eigenvalue weighted by molar-refractivity contribution is 5.83. The van der Waals surface area contributed by atoms with Gasteiger partial charge in [-0.05, 0) is 18.6 Å². The fourth-order valence-corrected chi connectivity index (χ4v) is 1.71. The van der Waals surface area contributed by atoms with Crippen molar-refractivity contribution in [1.82, 2.24) is 5.32 Å². The maximum absolute atomic E-state index is 11.8. The Bertz CT molecular complexity index is 422. The number of hydrogen-bond donors (Lipinski definition) is 2. The SMILES string of the molecule is COCCCNC(=O)CN(CC(=O)O)c1ccccc1. The summed E-state index contributed by atoms with van der Waals surface area (Å²) in [4.78, 5) is 24.2. The van der Waals surface area contributed by atoms with Crippen molar-refractivity contribution in [3.63, 3.8) is 0 Å². The molecule has 0 heterocycles. The average molecular weight is 280 g/mol. The Kier molecular flexibility index (Phi) is 7.13. The second-order valence-corrected chi connectivity index (χ2v) is 4.28. The van der Waals surface area contributed by atoms with E-state index in [1.54, 1.807) is 31.4 Å². The molecular weight excluding hydrogens is 260 g/mol. The molecule has 0 atom stereocenters. The van der Waals surface area contributed by atoms with Gasteiger partial charge < -0.3 is 20.1 Å². The van der Waals surface area contributed by atoms with Crippen LogP contribution in [0.1, 0.15) is 6.42 Å². The van der Waals surface area contributed by atoms with Crippen LogP contribution in [0.2, 0.25) is 0 Å². The summed E-state index contributed by atoms with van der Waals surface area (Å²) in [6, 6.07) is 9.01. The number of nitrogens with zero attached hydrogens (tertiary/aromatic N) is 1. The summed E-state index contributed by atoms with van der Waals surface area (Å²) in [5.41, 5.74) is 0.710. The van der Waals surface area contributed by atoms with Gasteiger partial charge in [0.25, 0.3) is 0 Å². The summed E-state index contributed by atoms with van der Waals surface area (Å²) >= 11 is 0. The number of rotatable bonds is 9. The van der Waals surface area contributed by atoms with Crippen molar-refractivity contribution in [2.45, 2.75) is 6.42 Å². The molecule has 1 aromatic rings. The summed E-state index contributed by atoms with van der Waals surface area (Å²) in [5.74, 6) is -1.17. The standard InChI is InChI=1S/C14H20N2O4/c1-20-9-5-8-15-13(17)10-16(11-14(18)19)12-6-3-2-4-7-12/h2-4,6-7H,5,8-11H2,1H3,(H,15,17)(H,18,19). The number of carboxylic acid groups (broad SMARTS) is 1. The molecule has 0 aliphatic rings. The van der Waals surface area contributed by atoms with Gasteiger partial charge in [0.15, 0.2) is 0 Å². The fraction of sp³-hybridized carbons (Fsp3) is 0.429. The number of ether oxygens (including phenoxy) is 1. The molecule has 0 unspecified atom stereocenters. The van der Waals surface area contributed by atoms with Gasteiger partial charge in [0.2, 0.25) is 5.91 Å². The number of para-hydroxylation sites is 1. The summed E-state index contributed by atoms with van der Waals surface area (Å²) in [6.45, 7) is 0.902. The Balaban J connectivity index is 2.52. The number of carbonyl (C=O) groups is 2. The number of nitrogens with one attached hydrogen (secondary N) is 1. The number of benzene rings is 1. The minimum absolute atomic E-state index is 0.0172. The van der Waals surface area contributed by atoms with Crippen molar-refractivity contribution in [3.05, 3.63) is 30.3 Å². The number of anilines is 1. The molecule has 1 amide bonds.